The number of aryl methyl sites for hydroxylation is 2. The van der Waals surface area contributed by atoms with Crippen molar-refractivity contribution in [3.63, 3.8) is 0 Å². The van der Waals surface area contributed by atoms with Gasteiger partial charge in [0, 0.05) is 11.2 Å². The van der Waals surface area contributed by atoms with E-state index in [1.165, 1.54) is 11.1 Å². The largest absolute Gasteiger partial charge is 0.349 e. The highest BCUT2D eigenvalue weighted by Gasteiger charge is 2.35. The fraction of sp³-hybridized carbons (Fsp3) is 0.333. The lowest BCUT2D eigenvalue weighted by Gasteiger charge is -2.35. The summed E-state index contributed by atoms with van der Waals surface area (Å²) in [5.74, 6) is -0.442. The number of fused-ring (bicyclic) bond motifs is 2. The second-order valence-corrected chi connectivity index (χ2v) is 10.3. The van der Waals surface area contributed by atoms with Crippen LogP contribution in [0.3, 0.4) is 0 Å². The molecule has 4 aromatic rings. The molecule has 3 aromatic carbocycles. The van der Waals surface area contributed by atoms with Crippen LogP contribution in [0.2, 0.25) is 0 Å². The summed E-state index contributed by atoms with van der Waals surface area (Å²) in [6.07, 6.45) is 3.88. The lowest BCUT2D eigenvalue weighted by Crippen LogP contribution is -2.51. The van der Waals surface area contributed by atoms with Crippen LogP contribution < -0.4 is 10.2 Å². The van der Waals surface area contributed by atoms with E-state index in [-0.39, 0.29) is 18.4 Å². The summed E-state index contributed by atoms with van der Waals surface area (Å²) in [5, 5.41) is 11.6. The first-order chi connectivity index (χ1) is 17.9. The Labute approximate surface area is 217 Å². The summed E-state index contributed by atoms with van der Waals surface area (Å²) in [4.78, 5) is 29.8. The second kappa shape index (κ2) is 10.2. The summed E-state index contributed by atoms with van der Waals surface area (Å²) in [5.41, 5.74) is 5.10. The fourth-order valence-electron chi connectivity index (χ4n) is 4.93. The molecule has 0 saturated carbocycles. The molecular weight excluding hydrogens is 462 g/mol. The van der Waals surface area contributed by atoms with Gasteiger partial charge in [0.25, 0.3) is 0 Å². The molecule has 1 aliphatic carbocycles. The number of nitrogens with zero attached hydrogens (tertiary/aromatic N) is 4. The van der Waals surface area contributed by atoms with Crippen molar-refractivity contribution >= 4 is 28.5 Å². The minimum absolute atomic E-state index is 0.0363. The predicted molar refractivity (Wildman–Crippen MR) is 145 cm³/mol. The molecule has 190 valence electrons. The zero-order valence-electron chi connectivity index (χ0n) is 21.6. The molecule has 2 amide bonds. The number of benzene rings is 3. The summed E-state index contributed by atoms with van der Waals surface area (Å²) in [6.45, 7) is 5.99. The van der Waals surface area contributed by atoms with Crippen LogP contribution in [0.1, 0.15) is 56.3 Å². The number of hydrogen-bond donors (Lipinski definition) is 1. The first kappa shape index (κ1) is 24.7. The van der Waals surface area contributed by atoms with Gasteiger partial charge >= 0.3 is 0 Å². The van der Waals surface area contributed by atoms with Crippen LogP contribution in [-0.2, 0) is 29.0 Å². The van der Waals surface area contributed by atoms with E-state index in [0.717, 1.165) is 42.3 Å². The van der Waals surface area contributed by atoms with Crippen LogP contribution in [-0.4, -0.2) is 32.3 Å². The van der Waals surface area contributed by atoms with Crippen molar-refractivity contribution in [3.8, 4) is 0 Å². The van der Waals surface area contributed by atoms with Gasteiger partial charge in [0.2, 0.25) is 11.8 Å². The van der Waals surface area contributed by atoms with E-state index in [0.29, 0.717) is 5.69 Å². The third kappa shape index (κ3) is 5.12. The smallest absolute Gasteiger partial charge is 0.249 e. The van der Waals surface area contributed by atoms with Crippen LogP contribution in [0.4, 0.5) is 5.69 Å². The number of anilines is 1. The van der Waals surface area contributed by atoms with Crippen molar-refractivity contribution in [2.45, 2.75) is 64.6 Å². The highest BCUT2D eigenvalue weighted by atomic mass is 16.2. The normalized spacial score (nSPS) is 13.8. The van der Waals surface area contributed by atoms with Crippen LogP contribution in [0.5, 0.6) is 0 Å². The van der Waals surface area contributed by atoms with Crippen LogP contribution >= 0.6 is 0 Å². The average Bonchev–Trinajstić information content (AvgIpc) is 3.54. The predicted octanol–water partition coefficient (Wildman–Crippen LogP) is 5.00. The van der Waals surface area contributed by atoms with Gasteiger partial charge in [0.05, 0.1) is 5.52 Å². The molecule has 7 heteroatoms. The molecule has 1 aromatic heterocycles. The van der Waals surface area contributed by atoms with Gasteiger partial charge in [-0.2, -0.15) is 0 Å². The number of para-hydroxylation sites is 1. The number of carbonyl (C=O) groups excluding carboxylic acids is 2. The van der Waals surface area contributed by atoms with Crippen LogP contribution in [0, 0.1) is 0 Å². The van der Waals surface area contributed by atoms with Crippen LogP contribution in [0.25, 0.3) is 11.0 Å². The fourth-order valence-corrected chi connectivity index (χ4v) is 4.93. The molecule has 0 fully saturated rings. The number of aromatic nitrogens is 3. The van der Waals surface area contributed by atoms with Gasteiger partial charge < -0.3 is 5.32 Å². The first-order valence-electron chi connectivity index (χ1n) is 13.0. The molecule has 5 rings (SSSR count). The van der Waals surface area contributed by atoms with E-state index in [9.17, 15) is 9.59 Å². The maximum atomic E-state index is 14.2. The van der Waals surface area contributed by atoms with Gasteiger partial charge in [-0.1, -0.05) is 60.7 Å². The molecule has 0 bridgehead atoms. The summed E-state index contributed by atoms with van der Waals surface area (Å²) in [6, 6.07) is 22.4. The molecule has 0 aliphatic heterocycles. The Kier molecular flexibility index (Phi) is 6.78. The Morgan fingerprint density at radius 3 is 2.51 bits per heavy atom. The highest BCUT2D eigenvalue weighted by Crippen LogP contribution is 2.33. The molecule has 1 aliphatic rings. The van der Waals surface area contributed by atoms with Crippen molar-refractivity contribution in [1.29, 1.82) is 0 Å². The molecule has 37 heavy (non-hydrogen) atoms. The van der Waals surface area contributed by atoms with Gasteiger partial charge in [-0.3, -0.25) is 14.5 Å². The van der Waals surface area contributed by atoms with Gasteiger partial charge in [0.1, 0.15) is 18.1 Å². The van der Waals surface area contributed by atoms with Crippen molar-refractivity contribution in [1.82, 2.24) is 20.3 Å². The number of amides is 2. The highest BCUT2D eigenvalue weighted by molar-refractivity contribution is 6.01. The molecule has 1 heterocycles. The molecule has 0 unspecified atom stereocenters. The zero-order chi connectivity index (χ0) is 26.0. The quantitative estimate of drug-likeness (QED) is 0.373. The number of nitrogens with one attached hydrogen (secondary N) is 1. The Morgan fingerprint density at radius 2 is 1.73 bits per heavy atom. The zero-order valence-corrected chi connectivity index (χ0v) is 21.6. The number of rotatable bonds is 8. The Balaban J connectivity index is 1.60. The summed E-state index contributed by atoms with van der Waals surface area (Å²) in [7, 11) is 0. The maximum absolute atomic E-state index is 14.2. The molecule has 1 atom stereocenters. The Hall–Kier alpha value is -4.00. The summed E-state index contributed by atoms with van der Waals surface area (Å²) < 4.78 is 1.61. The van der Waals surface area contributed by atoms with Crippen molar-refractivity contribution < 1.29 is 9.59 Å². The van der Waals surface area contributed by atoms with E-state index in [4.69, 9.17) is 0 Å². The van der Waals surface area contributed by atoms with Gasteiger partial charge in [-0.05, 0) is 80.5 Å². The standard InChI is InChI=1S/C30H33N5O2/c1-4-30(2,3)31-29(37)28(22-11-6-5-7-12-22)35(24-18-17-21-13-10-14-23(21)19-24)27(36)20-34-26-16-9-8-15-25(26)32-33-34/h5-9,11-12,15-19,28H,4,10,13-14,20H2,1-3H3,(H,31,37)/t28-/m0/s1. The Bertz CT molecular complexity index is 1430. The van der Waals surface area contributed by atoms with Gasteiger partial charge in [-0.25, -0.2) is 4.68 Å². The van der Waals surface area contributed by atoms with Crippen LogP contribution in [0.15, 0.2) is 72.8 Å². The topological polar surface area (TPSA) is 80.1 Å². The molecule has 0 saturated heterocycles. The summed E-state index contributed by atoms with van der Waals surface area (Å²) >= 11 is 0. The SMILES string of the molecule is CCC(C)(C)NC(=O)[C@H](c1ccccc1)N(C(=O)Cn1nnc2ccccc21)c1ccc2c(c1)CCC2. The van der Waals surface area contributed by atoms with Gasteiger partial charge in [0.15, 0.2) is 0 Å². The van der Waals surface area contributed by atoms with E-state index in [1.54, 1.807) is 9.58 Å². The van der Waals surface area contributed by atoms with E-state index in [2.05, 4.69) is 27.8 Å². The third-order valence-electron chi connectivity index (χ3n) is 7.30. The third-order valence-corrected chi connectivity index (χ3v) is 7.30. The van der Waals surface area contributed by atoms with E-state index in [1.807, 2.05) is 81.4 Å². The van der Waals surface area contributed by atoms with E-state index >= 15 is 0 Å². The van der Waals surface area contributed by atoms with Crippen molar-refractivity contribution in [2.24, 2.45) is 0 Å². The lowest BCUT2D eigenvalue weighted by molar-refractivity contribution is -0.128. The minimum Gasteiger partial charge on any atom is -0.349 e. The minimum atomic E-state index is -0.839. The molecule has 7 nitrogen and oxygen atoms in total. The number of carbonyl (C=O) groups is 2. The van der Waals surface area contributed by atoms with Gasteiger partial charge in [-0.15, -0.1) is 5.10 Å². The second-order valence-electron chi connectivity index (χ2n) is 10.3. The average molecular weight is 496 g/mol. The molecule has 1 N–H and O–H groups in total. The maximum Gasteiger partial charge on any atom is 0.249 e. The lowest BCUT2D eigenvalue weighted by atomic mass is 9.98. The van der Waals surface area contributed by atoms with Crippen molar-refractivity contribution in [3.05, 3.63) is 89.5 Å². The molecule has 0 radical (unpaired) electrons. The van der Waals surface area contributed by atoms with Crippen molar-refractivity contribution in [2.75, 3.05) is 4.90 Å². The van der Waals surface area contributed by atoms with E-state index < -0.39 is 11.6 Å². The molecule has 0 spiro atoms. The monoisotopic (exact) mass is 495 g/mol. The number of hydrogen-bond acceptors (Lipinski definition) is 4. The Morgan fingerprint density at radius 1 is 1.00 bits per heavy atom. The first-order valence-corrected chi connectivity index (χ1v) is 13.0. The molecular formula is C30H33N5O2.